The number of nitrogens with zero attached hydrogens (tertiary/aromatic N) is 4. The van der Waals surface area contributed by atoms with Crippen LogP contribution < -0.4 is 16.0 Å². The Kier molecular flexibility index (Phi) is 6.33. The average molecular weight is 500 g/mol. The summed E-state index contributed by atoms with van der Waals surface area (Å²) in [6, 6.07) is 13.4. The van der Waals surface area contributed by atoms with Gasteiger partial charge in [-0.25, -0.2) is 24.1 Å². The summed E-state index contributed by atoms with van der Waals surface area (Å²) < 4.78 is 15.0. The Labute approximate surface area is 210 Å². The van der Waals surface area contributed by atoms with Gasteiger partial charge in [0.1, 0.15) is 11.6 Å². The molecule has 11 heteroatoms. The fourth-order valence-corrected chi connectivity index (χ4v) is 3.97. The molecule has 0 saturated carbocycles. The molecule has 0 spiro atoms. The molecule has 1 fully saturated rings. The van der Waals surface area contributed by atoms with Crippen LogP contribution in [0.1, 0.15) is 0 Å². The predicted octanol–water partition coefficient (Wildman–Crippen LogP) is 4.47. The van der Waals surface area contributed by atoms with Crippen molar-refractivity contribution in [2.45, 2.75) is 6.04 Å². The Morgan fingerprint density at radius 3 is 2.65 bits per heavy atom. The number of likely N-dealkylation sites (tertiary alicyclic amines) is 1. The van der Waals surface area contributed by atoms with Crippen molar-refractivity contribution in [3.8, 4) is 11.1 Å². The largest absolute Gasteiger partial charge is 0.465 e. The number of hydrogen-bond donors (Lipinski definition) is 4. The van der Waals surface area contributed by atoms with Crippen LogP contribution in [0.25, 0.3) is 22.0 Å². The van der Waals surface area contributed by atoms with Crippen molar-refractivity contribution < 1.29 is 19.1 Å². The summed E-state index contributed by atoms with van der Waals surface area (Å²) in [6.45, 7) is 4.26. The molecule has 0 atom stereocenters. The van der Waals surface area contributed by atoms with Crippen LogP contribution in [0.3, 0.4) is 0 Å². The number of fused-ring (bicyclic) bond motifs is 1. The van der Waals surface area contributed by atoms with Gasteiger partial charge in [-0.05, 0) is 48.0 Å². The molecular formula is C26H22FN7O3. The number of hydrogen-bond acceptors (Lipinski definition) is 7. The van der Waals surface area contributed by atoms with Gasteiger partial charge in [0.05, 0.1) is 23.4 Å². The zero-order valence-corrected chi connectivity index (χ0v) is 19.5. The average Bonchev–Trinajstić information content (AvgIpc) is 2.86. The van der Waals surface area contributed by atoms with Crippen molar-refractivity contribution in [2.24, 2.45) is 0 Å². The normalized spacial score (nSPS) is 13.1. The molecule has 4 N–H and O–H groups in total. The lowest BCUT2D eigenvalue weighted by Gasteiger charge is -2.37. The predicted molar refractivity (Wildman–Crippen MR) is 138 cm³/mol. The van der Waals surface area contributed by atoms with E-state index in [0.717, 1.165) is 6.08 Å². The van der Waals surface area contributed by atoms with Crippen molar-refractivity contribution >= 4 is 46.0 Å². The van der Waals surface area contributed by atoms with Crippen molar-refractivity contribution in [1.82, 2.24) is 19.9 Å². The molecule has 3 heterocycles. The second-order valence-electron chi connectivity index (χ2n) is 8.41. The Morgan fingerprint density at radius 2 is 1.92 bits per heavy atom. The number of carbonyl (C=O) groups is 2. The number of carboxylic acid groups (broad SMARTS) is 1. The van der Waals surface area contributed by atoms with E-state index in [9.17, 15) is 9.59 Å². The highest BCUT2D eigenvalue weighted by Gasteiger charge is 2.30. The van der Waals surface area contributed by atoms with Crippen molar-refractivity contribution in [3.63, 3.8) is 0 Å². The third-order valence-corrected chi connectivity index (χ3v) is 5.83. The van der Waals surface area contributed by atoms with E-state index in [1.54, 1.807) is 54.9 Å². The first kappa shape index (κ1) is 23.7. The minimum Gasteiger partial charge on any atom is -0.465 e. The van der Waals surface area contributed by atoms with Crippen LogP contribution in [0.5, 0.6) is 0 Å². The number of aromatic nitrogens is 3. The second kappa shape index (κ2) is 9.90. The summed E-state index contributed by atoms with van der Waals surface area (Å²) in [5, 5.41) is 18.5. The Bertz CT molecular complexity index is 1500. The maximum absolute atomic E-state index is 15.0. The number of benzene rings is 2. The number of rotatable bonds is 7. The maximum atomic E-state index is 15.0. The zero-order chi connectivity index (χ0) is 25.9. The summed E-state index contributed by atoms with van der Waals surface area (Å²) in [6.07, 6.45) is 3.43. The Balaban J connectivity index is 1.37. The van der Waals surface area contributed by atoms with Crippen molar-refractivity contribution in [2.75, 3.05) is 29.0 Å². The summed E-state index contributed by atoms with van der Waals surface area (Å²) in [5.41, 5.74) is 2.36. The summed E-state index contributed by atoms with van der Waals surface area (Å²) >= 11 is 0. The topological polar surface area (TPSA) is 132 Å². The van der Waals surface area contributed by atoms with Crippen LogP contribution in [0.4, 0.5) is 32.3 Å². The van der Waals surface area contributed by atoms with E-state index in [-0.39, 0.29) is 23.5 Å². The molecule has 1 aliphatic heterocycles. The van der Waals surface area contributed by atoms with E-state index in [4.69, 9.17) is 5.11 Å². The van der Waals surface area contributed by atoms with E-state index in [0.29, 0.717) is 46.7 Å². The number of nitrogens with one attached hydrogen (secondary N) is 3. The molecule has 37 heavy (non-hydrogen) atoms. The smallest absolute Gasteiger partial charge is 0.407 e. The summed E-state index contributed by atoms with van der Waals surface area (Å²) in [5.74, 6) is 0.0508. The molecule has 0 aliphatic carbocycles. The molecule has 10 nitrogen and oxygen atoms in total. The lowest BCUT2D eigenvalue weighted by atomic mass is 10.0. The molecule has 2 aromatic carbocycles. The molecule has 0 unspecified atom stereocenters. The second-order valence-corrected chi connectivity index (χ2v) is 8.41. The zero-order valence-electron chi connectivity index (χ0n) is 19.5. The number of halogens is 1. The van der Waals surface area contributed by atoms with E-state index >= 15 is 4.39 Å². The quantitative estimate of drug-likeness (QED) is 0.274. The van der Waals surface area contributed by atoms with Crippen molar-refractivity contribution in [1.29, 1.82) is 0 Å². The number of anilines is 4. The van der Waals surface area contributed by atoms with Crippen LogP contribution in [0.2, 0.25) is 0 Å². The number of pyridine rings is 1. The lowest BCUT2D eigenvalue weighted by Crippen LogP contribution is -2.56. The first-order valence-corrected chi connectivity index (χ1v) is 11.4. The van der Waals surface area contributed by atoms with Crippen LogP contribution >= 0.6 is 0 Å². The Morgan fingerprint density at radius 1 is 1.08 bits per heavy atom. The molecule has 2 aromatic heterocycles. The molecule has 1 aliphatic rings. The maximum Gasteiger partial charge on any atom is 0.407 e. The highest BCUT2D eigenvalue weighted by atomic mass is 19.1. The van der Waals surface area contributed by atoms with Gasteiger partial charge in [0.2, 0.25) is 11.9 Å². The third kappa shape index (κ3) is 5.15. The van der Waals surface area contributed by atoms with E-state index < -0.39 is 11.9 Å². The standard InChI is InChI=1S/C26H22FN7O3/c1-2-22(35)31-17-5-3-4-15(10-17)23-20(27)8-6-16-11-29-25(33-24(16)23)32-18-7-9-21(28-12-18)30-19-13-34(14-19)26(36)37/h2-12,19H,1,13-14H2,(H,28,30)(H,31,35)(H,36,37)(H,29,32,33). The molecule has 186 valence electrons. The summed E-state index contributed by atoms with van der Waals surface area (Å²) in [4.78, 5) is 37.1. The van der Waals surface area contributed by atoms with E-state index in [2.05, 4.69) is 37.5 Å². The van der Waals surface area contributed by atoms with Crippen LogP contribution in [-0.4, -0.2) is 56.1 Å². The third-order valence-electron chi connectivity index (χ3n) is 5.83. The minimum absolute atomic E-state index is 0.0168. The molecule has 0 bridgehead atoms. The van der Waals surface area contributed by atoms with Crippen LogP contribution in [0.15, 0.2) is 73.6 Å². The van der Waals surface area contributed by atoms with Gasteiger partial charge >= 0.3 is 6.09 Å². The first-order valence-electron chi connectivity index (χ1n) is 11.4. The lowest BCUT2D eigenvalue weighted by molar-refractivity contribution is -0.111. The number of carbonyl (C=O) groups excluding carboxylic acids is 1. The molecule has 2 amide bonds. The summed E-state index contributed by atoms with van der Waals surface area (Å²) in [7, 11) is 0. The van der Waals surface area contributed by atoms with Crippen LogP contribution in [-0.2, 0) is 4.79 Å². The first-order chi connectivity index (χ1) is 17.9. The van der Waals surface area contributed by atoms with Crippen molar-refractivity contribution in [3.05, 3.63) is 79.4 Å². The molecule has 5 rings (SSSR count). The van der Waals surface area contributed by atoms with Gasteiger partial charge in [0, 0.05) is 35.9 Å². The molecule has 4 aromatic rings. The highest BCUT2D eigenvalue weighted by molar-refractivity contribution is 6.00. The Hall–Kier alpha value is -5.06. The van der Waals surface area contributed by atoms with E-state index in [1.165, 1.54) is 11.0 Å². The van der Waals surface area contributed by atoms with E-state index in [1.807, 2.05) is 0 Å². The van der Waals surface area contributed by atoms with Gasteiger partial charge in [-0.2, -0.15) is 0 Å². The SMILES string of the molecule is C=CC(=O)Nc1cccc(-c2c(F)ccc3cnc(Nc4ccc(NC5CN(C(=O)O)C5)nc4)nc23)c1. The van der Waals surface area contributed by atoms with Crippen LogP contribution in [0, 0.1) is 5.82 Å². The minimum atomic E-state index is -0.934. The molecular weight excluding hydrogens is 477 g/mol. The molecule has 1 saturated heterocycles. The monoisotopic (exact) mass is 499 g/mol. The van der Waals surface area contributed by atoms with Gasteiger partial charge < -0.3 is 26.0 Å². The molecule has 0 radical (unpaired) electrons. The fourth-order valence-electron chi connectivity index (χ4n) is 3.97. The fraction of sp³-hybridized carbons (Fsp3) is 0.115. The van der Waals surface area contributed by atoms with Gasteiger partial charge in [-0.1, -0.05) is 18.7 Å². The van der Waals surface area contributed by atoms with Gasteiger partial charge in [0.15, 0.2) is 0 Å². The van der Waals surface area contributed by atoms with Gasteiger partial charge in [-0.15, -0.1) is 0 Å². The van der Waals surface area contributed by atoms with Gasteiger partial charge in [-0.3, -0.25) is 4.79 Å². The highest BCUT2D eigenvalue weighted by Crippen LogP contribution is 2.32. The number of amides is 2. The van der Waals surface area contributed by atoms with Gasteiger partial charge in [0.25, 0.3) is 0 Å².